The molecule has 8 nitrogen and oxygen atoms in total. The number of nitrogens with two attached hydrogens (primary N) is 1. The van der Waals surface area contributed by atoms with Crippen LogP contribution in [0.15, 0.2) is 28.5 Å². The number of fused-ring (bicyclic) bond motifs is 2. The Labute approximate surface area is 162 Å². The van der Waals surface area contributed by atoms with E-state index >= 15 is 0 Å². The molecule has 26 heavy (non-hydrogen) atoms. The van der Waals surface area contributed by atoms with Crippen LogP contribution in [0.5, 0.6) is 11.5 Å². The van der Waals surface area contributed by atoms with Crippen LogP contribution in [0, 0.1) is 0 Å². The number of benzene rings is 1. The van der Waals surface area contributed by atoms with Crippen LogP contribution < -0.4 is 20.1 Å². The maximum atomic E-state index is 5.99. The second kappa shape index (κ2) is 6.84. The van der Waals surface area contributed by atoms with Crippen molar-refractivity contribution in [1.29, 1.82) is 0 Å². The number of alkyl halides is 1. The van der Waals surface area contributed by atoms with Crippen LogP contribution in [-0.2, 0) is 6.54 Å². The number of aromatic nitrogens is 4. The number of hydrogen-bond acceptors (Lipinski definition) is 8. The van der Waals surface area contributed by atoms with Gasteiger partial charge < -0.3 is 24.7 Å². The lowest BCUT2D eigenvalue weighted by molar-refractivity contribution is 0.174. The Morgan fingerprint density at radius 2 is 2.04 bits per heavy atom. The van der Waals surface area contributed by atoms with Crippen molar-refractivity contribution in [2.24, 2.45) is 0 Å². The lowest BCUT2D eigenvalue weighted by Crippen LogP contribution is -2.10. The lowest BCUT2D eigenvalue weighted by atomic mass is 10.2. The lowest BCUT2D eigenvalue weighted by Gasteiger charge is -2.18. The fourth-order valence-corrected chi connectivity index (χ4v) is 4.23. The number of anilines is 2. The summed E-state index contributed by atoms with van der Waals surface area (Å²) in [4.78, 5) is 16.1. The number of ether oxygens (including phenoxy) is 2. The smallest absolute Gasteiger partial charge is 0.231 e. The van der Waals surface area contributed by atoms with Crippen molar-refractivity contribution in [3.63, 3.8) is 0 Å². The van der Waals surface area contributed by atoms with Crippen LogP contribution in [0.4, 0.5) is 11.5 Å². The van der Waals surface area contributed by atoms with E-state index in [1.165, 1.54) is 6.33 Å². The molecule has 2 N–H and O–H groups in total. The van der Waals surface area contributed by atoms with Crippen LogP contribution in [0.1, 0.15) is 0 Å². The second-order valence-corrected chi connectivity index (χ2v) is 7.64. The number of nitrogen functional groups attached to an aromatic ring is 1. The predicted octanol–water partition coefficient (Wildman–Crippen LogP) is 2.75. The molecule has 0 spiro atoms. The number of hydrogen-bond donors (Lipinski definition) is 1. The van der Waals surface area contributed by atoms with E-state index < -0.39 is 0 Å². The van der Waals surface area contributed by atoms with E-state index in [9.17, 15) is 0 Å². The molecule has 0 saturated heterocycles. The molecular formula is C16H17BrN6O2S. The second-order valence-electron chi connectivity index (χ2n) is 5.84. The first kappa shape index (κ1) is 17.2. The molecule has 1 aromatic carbocycles. The van der Waals surface area contributed by atoms with Crippen LogP contribution in [0.3, 0.4) is 0 Å². The molecule has 0 saturated carbocycles. The van der Waals surface area contributed by atoms with E-state index in [1.807, 2.05) is 35.7 Å². The summed E-state index contributed by atoms with van der Waals surface area (Å²) in [6.07, 6.45) is 1.46. The summed E-state index contributed by atoms with van der Waals surface area (Å²) in [7, 11) is 3.99. The highest BCUT2D eigenvalue weighted by atomic mass is 79.9. The van der Waals surface area contributed by atoms with Crippen molar-refractivity contribution >= 4 is 50.4 Å². The molecule has 0 fully saturated rings. The van der Waals surface area contributed by atoms with Gasteiger partial charge in [0.1, 0.15) is 6.33 Å². The van der Waals surface area contributed by atoms with Crippen LogP contribution in [0.25, 0.3) is 11.2 Å². The Kier molecular flexibility index (Phi) is 4.53. The highest BCUT2D eigenvalue weighted by Crippen LogP contribution is 2.44. The summed E-state index contributed by atoms with van der Waals surface area (Å²) in [5, 5.41) is 1.58. The molecule has 136 valence electrons. The number of aryl methyl sites for hydroxylation is 1. The maximum absolute atomic E-state index is 5.99. The van der Waals surface area contributed by atoms with Crippen LogP contribution in [-0.4, -0.2) is 45.7 Å². The molecule has 2 aromatic heterocycles. The van der Waals surface area contributed by atoms with Crippen molar-refractivity contribution in [3.8, 4) is 11.5 Å². The molecule has 0 atom stereocenters. The first-order valence-corrected chi connectivity index (χ1v) is 9.83. The number of imidazole rings is 1. The largest absolute Gasteiger partial charge is 0.454 e. The molecule has 10 heteroatoms. The quantitative estimate of drug-likeness (QED) is 0.610. The van der Waals surface area contributed by atoms with Gasteiger partial charge in [0.25, 0.3) is 0 Å². The van der Waals surface area contributed by atoms with Gasteiger partial charge in [0, 0.05) is 43.0 Å². The van der Waals surface area contributed by atoms with Crippen molar-refractivity contribution in [2.75, 3.05) is 36.9 Å². The molecular weight excluding hydrogens is 420 g/mol. The minimum absolute atomic E-state index is 0.241. The van der Waals surface area contributed by atoms with Gasteiger partial charge >= 0.3 is 0 Å². The van der Waals surface area contributed by atoms with E-state index in [2.05, 4.69) is 30.9 Å². The fraction of sp³-hybridized carbons (Fsp3) is 0.312. The van der Waals surface area contributed by atoms with Crippen molar-refractivity contribution < 1.29 is 9.47 Å². The Morgan fingerprint density at radius 1 is 1.27 bits per heavy atom. The Bertz CT molecular complexity index is 977. The van der Waals surface area contributed by atoms with Gasteiger partial charge in [0.05, 0.1) is 5.69 Å². The average molecular weight is 437 g/mol. The fourth-order valence-electron chi connectivity index (χ4n) is 2.74. The van der Waals surface area contributed by atoms with Gasteiger partial charge in [-0.05, 0) is 11.8 Å². The summed E-state index contributed by atoms with van der Waals surface area (Å²) in [6.45, 7) is 0.960. The third kappa shape index (κ3) is 2.92. The maximum Gasteiger partial charge on any atom is 0.231 e. The number of nitrogens with zero attached hydrogens (tertiary/aromatic N) is 5. The first-order chi connectivity index (χ1) is 12.6. The molecule has 0 amide bonds. The van der Waals surface area contributed by atoms with Gasteiger partial charge in [0.2, 0.25) is 6.79 Å². The van der Waals surface area contributed by atoms with Gasteiger partial charge in [-0.15, -0.1) is 0 Å². The zero-order valence-electron chi connectivity index (χ0n) is 14.3. The standard InChI is InChI=1S/C16H17BrN6O2S/c1-22(2)9-5-10-11(25-8-24-10)6-12(9)26-16-21-13-14(18)19-7-20-15(13)23(16)4-3-17/h5-7H,3-4,8H2,1-2H3,(H2,18,19,20). The summed E-state index contributed by atoms with van der Waals surface area (Å²) in [5.74, 6) is 1.87. The van der Waals surface area contributed by atoms with Gasteiger partial charge in [-0.1, -0.05) is 15.9 Å². The van der Waals surface area contributed by atoms with E-state index in [-0.39, 0.29) is 6.79 Å². The van der Waals surface area contributed by atoms with E-state index in [4.69, 9.17) is 15.2 Å². The van der Waals surface area contributed by atoms with Gasteiger partial charge in [-0.25, -0.2) is 15.0 Å². The zero-order chi connectivity index (χ0) is 18.3. The topological polar surface area (TPSA) is 91.3 Å². The Morgan fingerprint density at radius 3 is 2.77 bits per heavy atom. The highest BCUT2D eigenvalue weighted by molar-refractivity contribution is 9.09. The molecule has 0 bridgehead atoms. The molecule has 0 radical (unpaired) electrons. The number of halogens is 1. The molecule has 3 aromatic rings. The van der Waals surface area contributed by atoms with E-state index in [0.29, 0.717) is 11.3 Å². The van der Waals surface area contributed by atoms with Crippen molar-refractivity contribution in [2.45, 2.75) is 16.6 Å². The third-order valence-electron chi connectivity index (χ3n) is 3.97. The highest BCUT2D eigenvalue weighted by Gasteiger charge is 2.22. The van der Waals surface area contributed by atoms with Crippen molar-refractivity contribution in [1.82, 2.24) is 19.5 Å². The SMILES string of the molecule is CN(C)c1cc2c(cc1Sc1nc3c(N)ncnc3n1CCBr)OCO2. The van der Waals surface area contributed by atoms with Crippen molar-refractivity contribution in [3.05, 3.63) is 18.5 Å². The molecule has 1 aliphatic rings. The Balaban J connectivity index is 1.82. The Hall–Kier alpha value is -2.20. The monoisotopic (exact) mass is 436 g/mol. The summed E-state index contributed by atoms with van der Waals surface area (Å²) < 4.78 is 13.1. The number of rotatable bonds is 5. The van der Waals surface area contributed by atoms with E-state index in [0.717, 1.165) is 44.8 Å². The average Bonchev–Trinajstić information content (AvgIpc) is 3.20. The minimum atomic E-state index is 0.241. The van der Waals surface area contributed by atoms with Crippen LogP contribution >= 0.6 is 27.7 Å². The predicted molar refractivity (Wildman–Crippen MR) is 105 cm³/mol. The van der Waals surface area contributed by atoms with Crippen LogP contribution in [0.2, 0.25) is 0 Å². The first-order valence-electron chi connectivity index (χ1n) is 7.90. The molecule has 1 aliphatic heterocycles. The molecule has 4 rings (SSSR count). The molecule has 0 aliphatic carbocycles. The van der Waals surface area contributed by atoms with Gasteiger partial charge in [-0.3, -0.25) is 0 Å². The summed E-state index contributed by atoms with van der Waals surface area (Å²) in [6, 6.07) is 3.96. The normalized spacial score (nSPS) is 12.7. The van der Waals surface area contributed by atoms with E-state index in [1.54, 1.807) is 11.8 Å². The third-order valence-corrected chi connectivity index (χ3v) is 5.37. The summed E-state index contributed by atoms with van der Waals surface area (Å²) in [5.41, 5.74) is 8.35. The summed E-state index contributed by atoms with van der Waals surface area (Å²) >= 11 is 5.04. The minimum Gasteiger partial charge on any atom is -0.454 e. The van der Waals surface area contributed by atoms with Gasteiger partial charge in [-0.2, -0.15) is 0 Å². The van der Waals surface area contributed by atoms with Gasteiger partial charge in [0.15, 0.2) is 33.6 Å². The molecule has 3 heterocycles. The molecule has 0 unspecified atom stereocenters. The zero-order valence-corrected chi connectivity index (χ0v) is 16.7.